The van der Waals surface area contributed by atoms with Gasteiger partial charge < -0.3 is 9.53 Å². The van der Waals surface area contributed by atoms with Crippen LogP contribution in [0.5, 0.6) is 0 Å². The van der Waals surface area contributed by atoms with Crippen LogP contribution in [0, 0.1) is 11.8 Å². The summed E-state index contributed by atoms with van der Waals surface area (Å²) in [6.07, 6.45) is 3.12. The van der Waals surface area contributed by atoms with E-state index in [-0.39, 0.29) is 11.1 Å². The lowest BCUT2D eigenvalue weighted by Crippen LogP contribution is -2.66. The molecule has 0 aliphatic carbocycles. The van der Waals surface area contributed by atoms with E-state index in [4.69, 9.17) is 4.43 Å². The van der Waals surface area contributed by atoms with Crippen molar-refractivity contribution in [1.82, 2.24) is 0 Å². The molecule has 0 amide bonds. The Morgan fingerprint density at radius 1 is 0.828 bits per heavy atom. The number of hydrogen-bond acceptors (Lipinski definition) is 2. The first-order chi connectivity index (χ1) is 13.7. The van der Waals surface area contributed by atoms with Gasteiger partial charge in [0.2, 0.25) is 0 Å². The molecule has 0 aromatic heterocycles. The van der Waals surface area contributed by atoms with E-state index >= 15 is 0 Å². The van der Waals surface area contributed by atoms with Crippen LogP contribution in [-0.4, -0.2) is 26.1 Å². The summed E-state index contributed by atoms with van der Waals surface area (Å²) in [6.45, 7) is 14.1. The van der Waals surface area contributed by atoms with Crippen molar-refractivity contribution in [3.63, 3.8) is 0 Å². The topological polar surface area (TPSA) is 29.5 Å². The Labute approximate surface area is 179 Å². The molecule has 2 nitrogen and oxygen atoms in total. The first-order valence-electron chi connectivity index (χ1n) is 11.1. The summed E-state index contributed by atoms with van der Waals surface area (Å²) in [6, 6.07) is 21.7. The highest BCUT2D eigenvalue weighted by Gasteiger charge is 2.50. The number of rotatable bonds is 10. The van der Waals surface area contributed by atoms with Crippen molar-refractivity contribution in [2.75, 3.05) is 6.61 Å². The average molecular weight is 413 g/mol. The fraction of sp³-hybridized carbons (Fsp3) is 0.538. The third kappa shape index (κ3) is 6.03. The molecule has 29 heavy (non-hydrogen) atoms. The number of hydrogen-bond donors (Lipinski definition) is 1. The molecule has 3 atom stereocenters. The molecular weight excluding hydrogens is 372 g/mol. The fourth-order valence-electron chi connectivity index (χ4n) is 4.14. The Morgan fingerprint density at radius 2 is 1.31 bits per heavy atom. The quantitative estimate of drug-likeness (QED) is 0.530. The van der Waals surface area contributed by atoms with Crippen LogP contribution in [0.15, 0.2) is 60.7 Å². The molecule has 0 spiro atoms. The minimum Gasteiger partial charge on any atom is -0.407 e. The van der Waals surface area contributed by atoms with Crippen LogP contribution in [0.25, 0.3) is 0 Å². The largest absolute Gasteiger partial charge is 0.407 e. The molecule has 2 aromatic carbocycles. The molecule has 0 heterocycles. The Hall–Kier alpha value is -1.42. The highest BCUT2D eigenvalue weighted by Crippen LogP contribution is 2.37. The fourth-order valence-corrected chi connectivity index (χ4v) is 8.83. The summed E-state index contributed by atoms with van der Waals surface area (Å²) in [7, 11) is -2.43. The Kier molecular flexibility index (Phi) is 8.68. The first kappa shape index (κ1) is 23.9. The van der Waals surface area contributed by atoms with Crippen molar-refractivity contribution >= 4 is 18.7 Å². The molecule has 2 rings (SSSR count). The summed E-state index contributed by atoms with van der Waals surface area (Å²) in [5.74, 6) is 0.859. The SMILES string of the molecule is CC(O)[C@@H](C)CCC[C@@H](C)CO[Si](c1ccccc1)(c1ccccc1)C(C)(C)C. The van der Waals surface area contributed by atoms with Crippen LogP contribution >= 0.6 is 0 Å². The molecule has 0 saturated heterocycles. The zero-order valence-electron chi connectivity index (χ0n) is 19.2. The summed E-state index contributed by atoms with van der Waals surface area (Å²) >= 11 is 0. The molecule has 160 valence electrons. The minimum absolute atomic E-state index is 0.0241. The van der Waals surface area contributed by atoms with Gasteiger partial charge in [-0.2, -0.15) is 0 Å². The van der Waals surface area contributed by atoms with Crippen LogP contribution in [0.2, 0.25) is 5.04 Å². The molecule has 0 saturated carbocycles. The highest BCUT2D eigenvalue weighted by atomic mass is 28.4. The Bertz CT molecular complexity index is 667. The van der Waals surface area contributed by atoms with Crippen LogP contribution in [0.4, 0.5) is 0 Å². The Balaban J connectivity index is 2.23. The van der Waals surface area contributed by atoms with Gasteiger partial charge >= 0.3 is 0 Å². The van der Waals surface area contributed by atoms with E-state index in [0.29, 0.717) is 11.8 Å². The molecule has 1 unspecified atom stereocenters. The second-order valence-electron chi connectivity index (χ2n) is 9.73. The van der Waals surface area contributed by atoms with Crippen molar-refractivity contribution < 1.29 is 9.53 Å². The van der Waals surface area contributed by atoms with Crippen LogP contribution < -0.4 is 10.4 Å². The average Bonchev–Trinajstić information content (AvgIpc) is 2.69. The number of benzene rings is 2. The van der Waals surface area contributed by atoms with Gasteiger partial charge in [-0.15, -0.1) is 0 Å². The third-order valence-electron chi connectivity index (χ3n) is 6.18. The molecule has 0 radical (unpaired) electrons. The van der Waals surface area contributed by atoms with Crippen molar-refractivity contribution in [1.29, 1.82) is 0 Å². The second-order valence-corrected chi connectivity index (χ2v) is 14.0. The van der Waals surface area contributed by atoms with E-state index in [0.717, 1.165) is 25.9 Å². The number of aliphatic hydroxyl groups is 1. The summed E-state index contributed by atoms with van der Waals surface area (Å²) in [4.78, 5) is 0. The molecule has 0 fully saturated rings. The normalized spacial score (nSPS) is 15.7. The predicted octanol–water partition coefficient (Wildman–Crippen LogP) is 5.39. The van der Waals surface area contributed by atoms with Crippen molar-refractivity contribution in [2.24, 2.45) is 11.8 Å². The first-order valence-corrected chi connectivity index (χ1v) is 13.0. The van der Waals surface area contributed by atoms with Gasteiger partial charge in [0.05, 0.1) is 6.10 Å². The highest BCUT2D eigenvalue weighted by molar-refractivity contribution is 6.99. The van der Waals surface area contributed by atoms with Gasteiger partial charge in [-0.3, -0.25) is 0 Å². The monoisotopic (exact) mass is 412 g/mol. The lowest BCUT2D eigenvalue weighted by atomic mass is 9.96. The van der Waals surface area contributed by atoms with Crippen LogP contribution in [0.3, 0.4) is 0 Å². The molecule has 0 aliphatic heterocycles. The third-order valence-corrected chi connectivity index (χ3v) is 11.2. The summed E-state index contributed by atoms with van der Waals surface area (Å²) in [5, 5.41) is 12.4. The zero-order valence-corrected chi connectivity index (χ0v) is 20.2. The smallest absolute Gasteiger partial charge is 0.261 e. The van der Waals surface area contributed by atoms with Gasteiger partial charge in [-0.05, 0) is 47.0 Å². The summed E-state index contributed by atoms with van der Waals surface area (Å²) < 4.78 is 7.02. The van der Waals surface area contributed by atoms with Gasteiger partial charge in [0.15, 0.2) is 0 Å². The lowest BCUT2D eigenvalue weighted by Gasteiger charge is -2.43. The molecule has 0 bridgehead atoms. The molecular formula is C26H40O2Si. The number of aliphatic hydroxyl groups excluding tert-OH is 1. The van der Waals surface area contributed by atoms with Crippen LogP contribution in [-0.2, 0) is 4.43 Å². The molecule has 3 heteroatoms. The maximum Gasteiger partial charge on any atom is 0.261 e. The van der Waals surface area contributed by atoms with Crippen molar-refractivity contribution in [2.45, 2.75) is 71.9 Å². The zero-order chi connectivity index (χ0) is 21.5. The van der Waals surface area contributed by atoms with Crippen molar-refractivity contribution in [3.05, 3.63) is 60.7 Å². The molecule has 1 N–H and O–H groups in total. The van der Waals surface area contributed by atoms with Gasteiger partial charge in [-0.25, -0.2) is 0 Å². The molecule has 0 aliphatic rings. The van der Waals surface area contributed by atoms with Crippen molar-refractivity contribution in [3.8, 4) is 0 Å². The maximum atomic E-state index is 9.72. The maximum absolute atomic E-state index is 9.72. The van der Waals surface area contributed by atoms with E-state index in [1.807, 2.05) is 6.92 Å². The Morgan fingerprint density at radius 3 is 1.72 bits per heavy atom. The van der Waals surface area contributed by atoms with Gasteiger partial charge in [0.25, 0.3) is 8.32 Å². The summed E-state index contributed by atoms with van der Waals surface area (Å²) in [5.41, 5.74) is 0. The standard InChI is InChI=1S/C26H40O2Si/c1-21(14-13-15-22(2)23(3)27)20-28-29(26(4,5)6,24-16-9-7-10-17-24)25-18-11-8-12-19-25/h7-12,16-19,21-23,27H,13-15,20H2,1-6H3/t21-,22+,23?/m1/s1. The van der Waals surface area contributed by atoms with Crippen LogP contribution in [0.1, 0.15) is 60.8 Å². The van der Waals surface area contributed by atoms with E-state index in [9.17, 15) is 5.11 Å². The van der Waals surface area contributed by atoms with E-state index < -0.39 is 8.32 Å². The van der Waals surface area contributed by atoms with Gasteiger partial charge in [0.1, 0.15) is 0 Å². The minimum atomic E-state index is -2.43. The van der Waals surface area contributed by atoms with E-state index in [1.54, 1.807) is 0 Å². The van der Waals surface area contributed by atoms with E-state index in [2.05, 4.69) is 95.3 Å². The second kappa shape index (κ2) is 10.6. The predicted molar refractivity (Wildman–Crippen MR) is 127 cm³/mol. The molecule has 2 aromatic rings. The van der Waals surface area contributed by atoms with Gasteiger partial charge in [-0.1, -0.05) is 102 Å². The van der Waals surface area contributed by atoms with E-state index in [1.165, 1.54) is 10.4 Å². The lowest BCUT2D eigenvalue weighted by molar-refractivity contribution is 0.126. The van der Waals surface area contributed by atoms with Gasteiger partial charge in [0, 0.05) is 6.61 Å².